The number of dihydropyridines is 1. The Kier molecular flexibility index (Phi) is 5.67. The lowest BCUT2D eigenvalue weighted by Crippen LogP contribution is -2.22. The normalized spacial score (nSPS) is 18.4. The molecule has 1 aliphatic rings. The SMILES string of the molecule is CCS/C(C)=C(\C(=O)c1ccc(C)cc1)C1=CC(C)NC=C1. The molecule has 0 aliphatic carbocycles. The fraction of sp³-hybridized carbons (Fsp3) is 0.316. The largest absolute Gasteiger partial charge is 0.385 e. The lowest BCUT2D eigenvalue weighted by atomic mass is 9.93. The average Bonchev–Trinajstić information content (AvgIpc) is 2.48. The van der Waals surface area contributed by atoms with Crippen molar-refractivity contribution in [2.75, 3.05) is 5.75 Å². The second-order valence-corrected chi connectivity index (χ2v) is 6.95. The molecule has 1 N–H and O–H groups in total. The molecule has 0 spiro atoms. The van der Waals surface area contributed by atoms with Crippen LogP contribution in [0.25, 0.3) is 0 Å². The number of hydrogen-bond acceptors (Lipinski definition) is 3. The molecule has 22 heavy (non-hydrogen) atoms. The van der Waals surface area contributed by atoms with Gasteiger partial charge in [-0.15, -0.1) is 11.8 Å². The van der Waals surface area contributed by atoms with Crippen LogP contribution in [0.15, 0.2) is 58.7 Å². The minimum Gasteiger partial charge on any atom is -0.385 e. The highest BCUT2D eigenvalue weighted by Crippen LogP contribution is 2.29. The Morgan fingerprint density at radius 2 is 1.95 bits per heavy atom. The molecule has 0 aromatic heterocycles. The highest BCUT2D eigenvalue weighted by Gasteiger charge is 2.20. The van der Waals surface area contributed by atoms with Gasteiger partial charge in [0.15, 0.2) is 5.78 Å². The molecule has 0 fully saturated rings. The van der Waals surface area contributed by atoms with Gasteiger partial charge in [-0.05, 0) is 49.3 Å². The summed E-state index contributed by atoms with van der Waals surface area (Å²) in [4.78, 5) is 14.1. The summed E-state index contributed by atoms with van der Waals surface area (Å²) in [5.74, 6) is 1.06. The Labute approximate surface area is 137 Å². The van der Waals surface area contributed by atoms with Crippen LogP contribution in [0.5, 0.6) is 0 Å². The van der Waals surface area contributed by atoms with Gasteiger partial charge in [-0.2, -0.15) is 0 Å². The molecule has 3 heteroatoms. The molecule has 2 nitrogen and oxygen atoms in total. The van der Waals surface area contributed by atoms with E-state index in [-0.39, 0.29) is 11.8 Å². The van der Waals surface area contributed by atoms with Crippen molar-refractivity contribution in [2.24, 2.45) is 0 Å². The lowest BCUT2D eigenvalue weighted by Gasteiger charge is -2.18. The minimum absolute atomic E-state index is 0.100. The lowest BCUT2D eigenvalue weighted by molar-refractivity contribution is 0.103. The third-order valence-corrected chi connectivity index (χ3v) is 4.52. The van der Waals surface area contributed by atoms with E-state index in [4.69, 9.17) is 0 Å². The molecule has 1 aromatic rings. The number of carbonyl (C=O) groups excluding carboxylic acids is 1. The van der Waals surface area contributed by atoms with Crippen molar-refractivity contribution in [3.63, 3.8) is 0 Å². The van der Waals surface area contributed by atoms with E-state index in [1.165, 1.54) is 0 Å². The highest BCUT2D eigenvalue weighted by atomic mass is 32.2. The summed E-state index contributed by atoms with van der Waals surface area (Å²) in [7, 11) is 0. The third-order valence-electron chi connectivity index (χ3n) is 3.59. The summed E-state index contributed by atoms with van der Waals surface area (Å²) >= 11 is 1.72. The fourth-order valence-corrected chi connectivity index (χ4v) is 3.25. The summed E-state index contributed by atoms with van der Waals surface area (Å²) in [5, 5.41) is 3.23. The molecule has 0 amide bonds. The number of hydrogen-bond donors (Lipinski definition) is 1. The molecule has 0 bridgehead atoms. The predicted octanol–water partition coefficient (Wildman–Crippen LogP) is 4.64. The van der Waals surface area contributed by atoms with Crippen molar-refractivity contribution < 1.29 is 4.79 Å². The van der Waals surface area contributed by atoms with Crippen LogP contribution >= 0.6 is 11.8 Å². The van der Waals surface area contributed by atoms with Crippen LogP contribution < -0.4 is 5.32 Å². The average molecular weight is 313 g/mol. The number of aryl methyl sites for hydroxylation is 1. The Bertz CT molecular complexity index is 638. The maximum Gasteiger partial charge on any atom is 0.194 e. The Balaban J connectivity index is 2.45. The van der Waals surface area contributed by atoms with Gasteiger partial charge >= 0.3 is 0 Å². The molecule has 1 unspecified atom stereocenters. The van der Waals surface area contributed by atoms with Crippen LogP contribution in [0.2, 0.25) is 0 Å². The minimum atomic E-state index is 0.100. The first-order valence-corrected chi connectivity index (χ1v) is 8.61. The third kappa shape index (κ3) is 3.92. The van der Waals surface area contributed by atoms with Gasteiger partial charge in [0.25, 0.3) is 0 Å². The molecule has 1 heterocycles. The molecular formula is C19H23NOS. The van der Waals surface area contributed by atoms with Gasteiger partial charge in [0, 0.05) is 17.2 Å². The van der Waals surface area contributed by atoms with Crippen LogP contribution in [0.4, 0.5) is 0 Å². The topological polar surface area (TPSA) is 29.1 Å². The number of carbonyl (C=O) groups is 1. The van der Waals surface area contributed by atoms with E-state index >= 15 is 0 Å². The van der Waals surface area contributed by atoms with Gasteiger partial charge in [0.05, 0.1) is 0 Å². The van der Waals surface area contributed by atoms with Crippen LogP contribution in [0.3, 0.4) is 0 Å². The Hall–Kier alpha value is -1.74. The zero-order valence-electron chi connectivity index (χ0n) is 13.6. The van der Waals surface area contributed by atoms with E-state index in [0.29, 0.717) is 0 Å². The summed E-state index contributed by atoms with van der Waals surface area (Å²) in [6.45, 7) is 8.26. The van der Waals surface area contributed by atoms with Gasteiger partial charge < -0.3 is 5.32 Å². The number of rotatable bonds is 5. The molecule has 0 radical (unpaired) electrons. The second-order valence-electron chi connectivity index (χ2n) is 5.47. The number of thioether (sulfide) groups is 1. The number of ketones is 1. The van der Waals surface area contributed by atoms with Crippen LogP contribution in [-0.4, -0.2) is 17.6 Å². The van der Waals surface area contributed by atoms with E-state index in [1.54, 1.807) is 11.8 Å². The van der Waals surface area contributed by atoms with Gasteiger partial charge in [-0.1, -0.05) is 42.8 Å². The van der Waals surface area contributed by atoms with Crippen molar-refractivity contribution in [3.05, 3.63) is 69.8 Å². The van der Waals surface area contributed by atoms with E-state index in [1.807, 2.05) is 50.4 Å². The van der Waals surface area contributed by atoms with E-state index in [2.05, 4.69) is 25.2 Å². The van der Waals surface area contributed by atoms with Crippen molar-refractivity contribution in [3.8, 4) is 0 Å². The summed E-state index contributed by atoms with van der Waals surface area (Å²) in [5.41, 5.74) is 3.74. The van der Waals surface area contributed by atoms with Crippen LogP contribution in [-0.2, 0) is 0 Å². The van der Waals surface area contributed by atoms with Gasteiger partial charge in [0.1, 0.15) is 0 Å². The van der Waals surface area contributed by atoms with Gasteiger partial charge in [-0.25, -0.2) is 0 Å². The summed E-state index contributed by atoms with van der Waals surface area (Å²) in [6.07, 6.45) is 6.02. The zero-order chi connectivity index (χ0) is 16.1. The highest BCUT2D eigenvalue weighted by molar-refractivity contribution is 8.03. The first-order valence-electron chi connectivity index (χ1n) is 7.62. The Morgan fingerprint density at radius 1 is 1.27 bits per heavy atom. The van der Waals surface area contributed by atoms with Crippen molar-refractivity contribution >= 4 is 17.5 Å². The summed E-state index contributed by atoms with van der Waals surface area (Å²) < 4.78 is 0. The zero-order valence-corrected chi connectivity index (χ0v) is 14.5. The molecule has 116 valence electrons. The second kappa shape index (κ2) is 7.50. The first-order chi connectivity index (χ1) is 10.5. The quantitative estimate of drug-likeness (QED) is 0.634. The number of allylic oxidation sites excluding steroid dienone is 4. The molecule has 0 saturated heterocycles. The van der Waals surface area contributed by atoms with Crippen molar-refractivity contribution in [2.45, 2.75) is 33.7 Å². The predicted molar refractivity (Wildman–Crippen MR) is 96.2 cm³/mol. The number of Topliss-reactive ketones (excluding diaryl/α,β-unsaturated/α-hetero) is 1. The van der Waals surface area contributed by atoms with Gasteiger partial charge in [-0.3, -0.25) is 4.79 Å². The molecule has 1 aliphatic heterocycles. The van der Waals surface area contributed by atoms with E-state index in [9.17, 15) is 4.79 Å². The standard InChI is InChI=1S/C19H23NOS/c1-5-22-15(4)18(17-10-11-20-14(3)12-17)19(21)16-8-6-13(2)7-9-16/h6-12,14,20H,5H2,1-4H3/b18-15-. The molecule has 2 rings (SSSR count). The van der Waals surface area contributed by atoms with Crippen molar-refractivity contribution in [1.29, 1.82) is 0 Å². The Morgan fingerprint density at radius 3 is 2.55 bits per heavy atom. The fourth-order valence-electron chi connectivity index (χ4n) is 2.46. The molecule has 1 aromatic carbocycles. The van der Waals surface area contributed by atoms with Crippen molar-refractivity contribution in [1.82, 2.24) is 5.32 Å². The van der Waals surface area contributed by atoms with Gasteiger partial charge in [0.2, 0.25) is 0 Å². The number of benzene rings is 1. The maximum absolute atomic E-state index is 13.0. The van der Waals surface area contributed by atoms with E-state index in [0.717, 1.165) is 32.9 Å². The molecule has 1 atom stereocenters. The molecular weight excluding hydrogens is 290 g/mol. The van der Waals surface area contributed by atoms with Crippen LogP contribution in [0.1, 0.15) is 36.7 Å². The monoisotopic (exact) mass is 313 g/mol. The smallest absolute Gasteiger partial charge is 0.194 e. The van der Waals surface area contributed by atoms with E-state index < -0.39 is 0 Å². The molecule has 0 saturated carbocycles. The first kappa shape index (κ1) is 16.6. The summed E-state index contributed by atoms with van der Waals surface area (Å²) in [6, 6.07) is 8.04. The van der Waals surface area contributed by atoms with Crippen LogP contribution in [0, 0.1) is 6.92 Å². The number of nitrogens with one attached hydrogen (secondary N) is 1. The maximum atomic E-state index is 13.0.